The molecular weight excluding hydrogens is 636 g/mol. The lowest BCUT2D eigenvalue weighted by Gasteiger charge is -2.27. The number of imide groups is 1. The molecule has 4 rings (SSSR count). The number of anilines is 2. The van der Waals surface area contributed by atoms with E-state index in [0.717, 1.165) is 29.1 Å². The Hall–Kier alpha value is -3.56. The zero-order valence-corrected chi connectivity index (χ0v) is 26.5. The smallest absolute Gasteiger partial charge is 0.414 e. The first-order chi connectivity index (χ1) is 21.7. The van der Waals surface area contributed by atoms with Crippen molar-refractivity contribution in [2.45, 2.75) is 58.1 Å². The van der Waals surface area contributed by atoms with E-state index in [-0.39, 0.29) is 45.4 Å². The van der Waals surface area contributed by atoms with Gasteiger partial charge in [-0.3, -0.25) is 29.0 Å². The number of morpholine rings is 1. The van der Waals surface area contributed by atoms with E-state index in [2.05, 4.69) is 5.32 Å². The molecule has 1 aromatic carbocycles. The Morgan fingerprint density at radius 1 is 1.04 bits per heavy atom. The Morgan fingerprint density at radius 3 is 2.41 bits per heavy atom. The van der Waals surface area contributed by atoms with Crippen LogP contribution in [0.2, 0.25) is 4.34 Å². The number of ether oxygens (including phenoxy) is 2. The van der Waals surface area contributed by atoms with E-state index in [1.165, 1.54) is 4.90 Å². The third-order valence-corrected chi connectivity index (χ3v) is 8.69. The summed E-state index contributed by atoms with van der Waals surface area (Å²) >= 11 is 7.10. The van der Waals surface area contributed by atoms with Gasteiger partial charge in [0.25, 0.3) is 11.8 Å². The fourth-order valence-electron chi connectivity index (χ4n) is 5.01. The largest absolute Gasteiger partial charge is 0.442 e. The van der Waals surface area contributed by atoms with Gasteiger partial charge in [0.1, 0.15) is 12.7 Å². The molecule has 252 valence electrons. The molecule has 13 nitrogen and oxygen atoms in total. The lowest BCUT2D eigenvalue weighted by Crippen LogP contribution is -2.43. The van der Waals surface area contributed by atoms with Gasteiger partial charge < -0.3 is 31.2 Å². The van der Waals surface area contributed by atoms with E-state index >= 15 is 0 Å². The van der Waals surface area contributed by atoms with Gasteiger partial charge in [0, 0.05) is 30.9 Å². The zero-order valence-electron chi connectivity index (χ0n) is 25.0. The van der Waals surface area contributed by atoms with E-state index in [9.17, 15) is 24.0 Å². The van der Waals surface area contributed by atoms with Gasteiger partial charge in [0.2, 0.25) is 11.8 Å². The summed E-state index contributed by atoms with van der Waals surface area (Å²) in [7, 11) is 0. The Morgan fingerprint density at radius 2 is 1.76 bits per heavy atom. The van der Waals surface area contributed by atoms with Crippen molar-refractivity contribution in [1.82, 2.24) is 10.2 Å². The van der Waals surface area contributed by atoms with Crippen molar-refractivity contribution in [3.05, 3.63) is 45.6 Å². The fraction of sp³-hybridized carbons (Fsp3) is 0.516. The number of nitrogens with zero attached hydrogens (tertiary/aromatic N) is 3. The van der Waals surface area contributed by atoms with Crippen LogP contribution in [0.1, 0.15) is 55.6 Å². The highest BCUT2D eigenvalue weighted by molar-refractivity contribution is 7.18. The maximum Gasteiger partial charge on any atom is 0.414 e. The molecule has 1 aromatic heterocycles. The highest BCUT2D eigenvalue weighted by atomic mass is 35.5. The van der Waals surface area contributed by atoms with Gasteiger partial charge in [-0.2, -0.15) is 0 Å². The molecule has 2 saturated heterocycles. The minimum Gasteiger partial charge on any atom is -0.442 e. The summed E-state index contributed by atoms with van der Waals surface area (Å²) < 4.78 is 11.1. The van der Waals surface area contributed by atoms with E-state index < -0.39 is 30.1 Å². The standard InChI is InChI=1S/C30H39ClN6O7S.CH4/c31-25-12-11-24(45-25)29(41)37(26(38)6-2-4-14-34-28(40)23(33)5-1-3-13-32)18-22-17-36(30(42)44-22)21-9-7-20(8-10-21)35-15-16-43-19-27(35)39;/h7-12,22-23H,1-6,13-19,32-33H2,(H,34,40);1H4/t22-,23+;/m1./s1. The Kier molecular flexibility index (Phi) is 14.4. The number of unbranched alkanes of at least 4 members (excludes halogenated alkanes) is 2. The Bertz CT molecular complexity index is 1360. The van der Waals surface area contributed by atoms with Crippen molar-refractivity contribution >= 4 is 64.0 Å². The molecule has 0 unspecified atom stereocenters. The Balaban J connectivity index is 0.00000576. The van der Waals surface area contributed by atoms with Gasteiger partial charge >= 0.3 is 6.09 Å². The minimum atomic E-state index is -0.763. The Labute approximate surface area is 278 Å². The summed E-state index contributed by atoms with van der Waals surface area (Å²) in [6, 6.07) is 9.45. The van der Waals surface area contributed by atoms with Gasteiger partial charge in [-0.05, 0) is 68.6 Å². The van der Waals surface area contributed by atoms with Crippen LogP contribution >= 0.6 is 22.9 Å². The summed E-state index contributed by atoms with van der Waals surface area (Å²) in [5.41, 5.74) is 12.6. The topological polar surface area (TPSA) is 178 Å². The van der Waals surface area contributed by atoms with Gasteiger partial charge in [0.05, 0.1) is 35.0 Å². The zero-order chi connectivity index (χ0) is 32.3. The van der Waals surface area contributed by atoms with Gasteiger partial charge in [0.15, 0.2) is 0 Å². The van der Waals surface area contributed by atoms with Crippen molar-refractivity contribution in [2.75, 3.05) is 55.7 Å². The second kappa shape index (κ2) is 18.0. The van der Waals surface area contributed by atoms with E-state index in [1.54, 1.807) is 41.3 Å². The number of amides is 5. The molecule has 2 aliphatic heterocycles. The molecule has 46 heavy (non-hydrogen) atoms. The van der Waals surface area contributed by atoms with Crippen LogP contribution in [0.15, 0.2) is 36.4 Å². The van der Waals surface area contributed by atoms with E-state index in [1.807, 2.05) is 0 Å². The molecule has 2 aromatic rings. The first-order valence-corrected chi connectivity index (χ1v) is 16.2. The van der Waals surface area contributed by atoms with Crippen molar-refractivity contribution in [3.8, 4) is 0 Å². The van der Waals surface area contributed by atoms with Crippen LogP contribution in [-0.2, 0) is 23.9 Å². The quantitative estimate of drug-likeness (QED) is 0.239. The summed E-state index contributed by atoms with van der Waals surface area (Å²) in [5.74, 6) is -1.34. The summed E-state index contributed by atoms with van der Waals surface area (Å²) in [6.45, 7) is 1.79. The van der Waals surface area contributed by atoms with Crippen molar-refractivity contribution < 1.29 is 33.4 Å². The number of cyclic esters (lactones) is 1. The number of carbonyl (C=O) groups is 5. The van der Waals surface area contributed by atoms with E-state index in [4.69, 9.17) is 32.5 Å². The van der Waals surface area contributed by atoms with Crippen molar-refractivity contribution in [1.29, 1.82) is 0 Å². The molecule has 0 radical (unpaired) electrons. The van der Waals surface area contributed by atoms with Gasteiger partial charge in [-0.15, -0.1) is 11.3 Å². The van der Waals surface area contributed by atoms with Gasteiger partial charge in [-0.25, -0.2) is 4.79 Å². The number of thiophene rings is 1. The van der Waals surface area contributed by atoms with E-state index in [0.29, 0.717) is 66.1 Å². The highest BCUT2D eigenvalue weighted by Gasteiger charge is 2.36. The molecule has 5 N–H and O–H groups in total. The molecule has 2 fully saturated rings. The lowest BCUT2D eigenvalue weighted by atomic mass is 10.1. The average Bonchev–Trinajstić information content (AvgIpc) is 3.64. The second-order valence-electron chi connectivity index (χ2n) is 10.8. The number of nitrogens with two attached hydrogens (primary N) is 2. The minimum absolute atomic E-state index is 0. The summed E-state index contributed by atoms with van der Waals surface area (Å²) in [5, 5.41) is 2.78. The summed E-state index contributed by atoms with van der Waals surface area (Å²) in [4.78, 5) is 68.3. The number of rotatable bonds is 15. The molecule has 5 amide bonds. The normalized spacial score (nSPS) is 16.9. The molecule has 15 heteroatoms. The van der Waals surface area contributed by atoms with Gasteiger partial charge in [-0.1, -0.05) is 25.4 Å². The number of nitrogens with one attached hydrogen (secondary N) is 1. The second-order valence-corrected chi connectivity index (χ2v) is 12.5. The SMILES string of the molecule is C.NCCCC[C@H](N)C(=O)NCCCCC(=O)N(C[C@H]1CN(c2ccc(N3CCOCC3=O)cc2)C(=O)O1)C(=O)c1ccc(Cl)s1. The average molecular weight is 679 g/mol. The molecule has 0 aliphatic carbocycles. The maximum atomic E-state index is 13.4. The third kappa shape index (κ3) is 9.97. The van der Waals surface area contributed by atoms with Crippen molar-refractivity contribution in [3.63, 3.8) is 0 Å². The van der Waals surface area contributed by atoms with Crippen LogP contribution in [0.4, 0.5) is 16.2 Å². The molecule has 0 spiro atoms. The van der Waals surface area contributed by atoms with Crippen molar-refractivity contribution in [2.24, 2.45) is 11.5 Å². The number of hydrogen-bond acceptors (Lipinski definition) is 10. The van der Waals surface area contributed by atoms with Crippen LogP contribution in [-0.4, -0.2) is 92.7 Å². The monoisotopic (exact) mass is 678 g/mol. The predicted molar refractivity (Wildman–Crippen MR) is 177 cm³/mol. The highest BCUT2D eigenvalue weighted by Crippen LogP contribution is 2.27. The fourth-order valence-corrected chi connectivity index (χ4v) is 6.01. The lowest BCUT2D eigenvalue weighted by molar-refractivity contribution is -0.129. The molecule has 2 aliphatic rings. The maximum absolute atomic E-state index is 13.4. The van der Waals surface area contributed by atoms with Crippen LogP contribution < -0.4 is 26.6 Å². The number of halogens is 1. The molecular formula is C31H43ClN6O7S. The molecule has 3 heterocycles. The first kappa shape index (κ1) is 36.9. The first-order valence-electron chi connectivity index (χ1n) is 15.0. The van der Waals surface area contributed by atoms with Crippen LogP contribution in [0.25, 0.3) is 0 Å². The predicted octanol–water partition coefficient (Wildman–Crippen LogP) is 3.14. The molecule has 0 saturated carbocycles. The summed E-state index contributed by atoms with van der Waals surface area (Å²) in [6.07, 6.45) is 1.75. The molecule has 0 bridgehead atoms. The molecule has 2 atom stereocenters. The van der Waals surface area contributed by atoms with Crippen LogP contribution in [0.5, 0.6) is 0 Å². The third-order valence-electron chi connectivity index (χ3n) is 7.47. The number of hydrogen-bond donors (Lipinski definition) is 3. The van der Waals surface area contributed by atoms with Crippen LogP contribution in [0, 0.1) is 0 Å². The van der Waals surface area contributed by atoms with Crippen LogP contribution in [0.3, 0.4) is 0 Å². The number of carbonyl (C=O) groups excluding carboxylic acids is 5. The number of benzene rings is 1.